The number of hydrogen-bond acceptors (Lipinski definition) is 2. The molecule has 0 amide bonds. The highest BCUT2D eigenvalue weighted by Crippen LogP contribution is 2.51. The summed E-state index contributed by atoms with van der Waals surface area (Å²) in [7, 11) is 0. The lowest BCUT2D eigenvalue weighted by Crippen LogP contribution is -2.16. The van der Waals surface area contributed by atoms with Crippen LogP contribution in [0, 0.1) is 6.92 Å². The first kappa shape index (κ1) is 57.8. The van der Waals surface area contributed by atoms with Crippen LogP contribution in [0.2, 0.25) is 0 Å². The molecule has 0 bridgehead atoms. The lowest BCUT2D eigenvalue weighted by atomic mass is 9.96. The van der Waals surface area contributed by atoms with E-state index in [2.05, 4.69) is 377 Å². The minimum Gasteiger partial charge on any atom is -0.305 e. The highest BCUT2D eigenvalue weighted by Gasteiger charge is 2.34. The Balaban J connectivity index is 1.04. The first-order valence-electron chi connectivity index (χ1n) is 34.6. The number of para-hydroxylation sites is 1. The Morgan fingerprint density at radius 1 is 0.218 bits per heavy atom. The van der Waals surface area contributed by atoms with Crippen molar-refractivity contribution in [2.75, 3.05) is 0 Å². The largest absolute Gasteiger partial charge is 0.305 e. The van der Waals surface area contributed by atoms with Crippen LogP contribution >= 0.6 is 0 Å². The maximum atomic E-state index is 6.73. The van der Waals surface area contributed by atoms with Crippen molar-refractivity contribution in [1.82, 2.24) is 28.2 Å². The van der Waals surface area contributed by atoms with Crippen LogP contribution < -0.4 is 0 Å². The standard InChI is InChI=1S/C95H62N6/c1-61-24-20-21-37-74(61)91-92(98-84-46-40-68(62-25-8-2-9-26-62)54-77(84)78-55-69(41-47-85(78)98)63-27-10-3-11-28-63)94(100-86-48-42-70(64-29-12-4-13-30-64)56-79(86)80-57-71(43-49-87(80)100)65-31-14-5-15-32-65)97-95(93(91)99-83-39-23-22-38-75(83)76-52-53-96-60-90(76)99)101-88-50-44-72(66-33-16-6-17-34-66)58-81(88)82-59-73(45-51-89(82)101)67-35-18-7-19-36-67/h2-60H,1H3. The van der Waals surface area contributed by atoms with Crippen molar-refractivity contribution < 1.29 is 0 Å². The van der Waals surface area contributed by atoms with Crippen molar-refractivity contribution in [3.05, 3.63) is 364 Å². The molecular formula is C95H62N6. The molecule has 0 N–H and O–H groups in total. The van der Waals surface area contributed by atoms with E-state index in [1.165, 1.54) is 0 Å². The molecule has 0 aliphatic rings. The molecule has 6 aromatic heterocycles. The van der Waals surface area contributed by atoms with Gasteiger partial charge in [-0.2, -0.15) is 0 Å². The number of rotatable bonds is 11. The van der Waals surface area contributed by atoms with Crippen LogP contribution in [0.5, 0.6) is 0 Å². The van der Waals surface area contributed by atoms with Crippen molar-refractivity contribution in [3.63, 3.8) is 0 Å². The molecule has 0 atom stereocenters. The fourth-order valence-electron chi connectivity index (χ4n) is 16.1. The highest BCUT2D eigenvalue weighted by molar-refractivity contribution is 6.18. The van der Waals surface area contributed by atoms with E-state index < -0.39 is 0 Å². The molecule has 6 nitrogen and oxygen atoms in total. The molecule has 0 unspecified atom stereocenters. The van der Waals surface area contributed by atoms with E-state index in [4.69, 9.17) is 9.97 Å². The van der Waals surface area contributed by atoms with Crippen molar-refractivity contribution >= 4 is 87.2 Å². The molecule has 101 heavy (non-hydrogen) atoms. The molecular weight excluding hydrogens is 1230 g/mol. The average Bonchev–Trinajstić information content (AvgIpc) is 1.55. The normalized spacial score (nSPS) is 11.8. The molecule has 0 aliphatic heterocycles. The van der Waals surface area contributed by atoms with Gasteiger partial charge in [-0.25, -0.2) is 4.98 Å². The molecule has 6 heteroatoms. The second-order valence-electron chi connectivity index (χ2n) is 26.5. The van der Waals surface area contributed by atoms with Crippen LogP contribution in [0.25, 0.3) is 188 Å². The molecule has 0 spiro atoms. The van der Waals surface area contributed by atoms with Gasteiger partial charge in [-0.15, -0.1) is 0 Å². The fourth-order valence-corrected chi connectivity index (χ4v) is 16.1. The summed E-state index contributed by atoms with van der Waals surface area (Å²) in [6, 6.07) is 127. The van der Waals surface area contributed by atoms with Gasteiger partial charge in [0.05, 0.1) is 50.3 Å². The van der Waals surface area contributed by atoms with Crippen LogP contribution in [0.3, 0.4) is 0 Å². The molecule has 6 heterocycles. The van der Waals surface area contributed by atoms with Crippen LogP contribution in [-0.4, -0.2) is 28.2 Å². The number of aromatic nitrogens is 6. The molecule has 0 aliphatic carbocycles. The van der Waals surface area contributed by atoms with Gasteiger partial charge in [-0.05, 0) is 170 Å². The van der Waals surface area contributed by atoms with Crippen molar-refractivity contribution in [1.29, 1.82) is 0 Å². The molecule has 0 saturated heterocycles. The number of aryl methyl sites for hydroxylation is 1. The smallest absolute Gasteiger partial charge is 0.165 e. The Kier molecular flexibility index (Phi) is 13.4. The Hall–Kier alpha value is -13.4. The monoisotopic (exact) mass is 1290 g/mol. The van der Waals surface area contributed by atoms with Crippen LogP contribution in [-0.2, 0) is 0 Å². The summed E-state index contributed by atoms with van der Waals surface area (Å²) in [5.41, 5.74) is 26.9. The molecule has 20 aromatic rings. The van der Waals surface area contributed by atoms with Crippen molar-refractivity contribution in [2.24, 2.45) is 0 Å². The SMILES string of the molecule is Cc1ccccc1-c1c(-n2c3ccc(-c4ccccc4)cc3c3cc(-c4ccccc4)ccc32)c(-n2c3ccc(-c4ccccc4)cc3c3cc(-c4ccccc4)ccc32)nc(-n2c3ccc(-c4ccccc4)cc3c3cc(-c4ccccc4)ccc32)c1-n1c2ccccc2c2ccncc21. The van der Waals surface area contributed by atoms with Crippen LogP contribution in [0.4, 0.5) is 0 Å². The van der Waals surface area contributed by atoms with Gasteiger partial charge in [-0.1, -0.05) is 261 Å². The first-order valence-corrected chi connectivity index (χ1v) is 34.6. The summed E-state index contributed by atoms with van der Waals surface area (Å²) in [4.78, 5) is 11.8. The molecule has 0 fully saturated rings. The maximum absolute atomic E-state index is 6.73. The topological polar surface area (TPSA) is 45.5 Å². The van der Waals surface area contributed by atoms with Gasteiger partial charge >= 0.3 is 0 Å². The molecule has 472 valence electrons. The predicted octanol–water partition coefficient (Wildman–Crippen LogP) is 24.8. The molecule has 14 aromatic carbocycles. The number of benzene rings is 14. The molecule has 0 radical (unpaired) electrons. The van der Waals surface area contributed by atoms with Crippen molar-refractivity contribution in [3.8, 4) is 101 Å². The number of pyridine rings is 2. The second-order valence-corrected chi connectivity index (χ2v) is 26.5. The van der Waals surface area contributed by atoms with E-state index in [0.717, 1.165) is 194 Å². The van der Waals surface area contributed by atoms with E-state index in [-0.39, 0.29) is 0 Å². The lowest BCUT2D eigenvalue weighted by molar-refractivity contribution is 0.960. The summed E-state index contributed by atoms with van der Waals surface area (Å²) >= 11 is 0. The average molecular weight is 1290 g/mol. The zero-order valence-electron chi connectivity index (χ0n) is 55.2. The summed E-state index contributed by atoms with van der Waals surface area (Å²) in [5, 5.41) is 8.92. The quantitative estimate of drug-likeness (QED) is 0.130. The summed E-state index contributed by atoms with van der Waals surface area (Å²) in [5.74, 6) is 1.51. The summed E-state index contributed by atoms with van der Waals surface area (Å²) in [6.45, 7) is 2.27. The van der Waals surface area contributed by atoms with Gasteiger partial charge in [0.15, 0.2) is 11.6 Å². The fraction of sp³-hybridized carbons (Fsp3) is 0.0105. The molecule has 20 rings (SSSR count). The predicted molar refractivity (Wildman–Crippen MR) is 422 cm³/mol. The van der Waals surface area contributed by atoms with Gasteiger partial charge < -0.3 is 9.13 Å². The lowest BCUT2D eigenvalue weighted by Gasteiger charge is -2.27. The summed E-state index contributed by atoms with van der Waals surface area (Å²) in [6.07, 6.45) is 3.98. The zero-order chi connectivity index (χ0) is 66.7. The Bertz CT molecular complexity index is 6320. The third-order valence-corrected chi connectivity index (χ3v) is 20.8. The van der Waals surface area contributed by atoms with Gasteiger partial charge in [0.1, 0.15) is 11.4 Å². The number of hydrogen-bond donors (Lipinski definition) is 0. The number of nitrogens with zero attached hydrogens (tertiary/aromatic N) is 6. The van der Waals surface area contributed by atoms with Gasteiger partial charge in [0.2, 0.25) is 0 Å². The second kappa shape index (κ2) is 23.4. The maximum Gasteiger partial charge on any atom is 0.165 e. The van der Waals surface area contributed by atoms with E-state index in [0.29, 0.717) is 0 Å². The molecule has 0 saturated carbocycles. The minimum atomic E-state index is 0.753. The highest BCUT2D eigenvalue weighted by atomic mass is 15.2. The summed E-state index contributed by atoms with van der Waals surface area (Å²) < 4.78 is 10.0. The first-order chi connectivity index (χ1) is 50.0. The Morgan fingerprint density at radius 2 is 0.495 bits per heavy atom. The van der Waals surface area contributed by atoms with Crippen LogP contribution in [0.15, 0.2) is 358 Å². The van der Waals surface area contributed by atoms with E-state index in [1.54, 1.807) is 0 Å². The zero-order valence-corrected chi connectivity index (χ0v) is 55.2. The van der Waals surface area contributed by atoms with Gasteiger partial charge in [0, 0.05) is 54.9 Å². The third-order valence-electron chi connectivity index (χ3n) is 20.8. The Labute approximate surface area is 583 Å². The van der Waals surface area contributed by atoms with Gasteiger partial charge in [0.25, 0.3) is 0 Å². The van der Waals surface area contributed by atoms with E-state index in [1.807, 2.05) is 6.20 Å². The van der Waals surface area contributed by atoms with Gasteiger partial charge in [-0.3, -0.25) is 14.1 Å². The van der Waals surface area contributed by atoms with Crippen molar-refractivity contribution in [2.45, 2.75) is 6.92 Å². The third kappa shape index (κ3) is 9.34. The van der Waals surface area contributed by atoms with E-state index in [9.17, 15) is 0 Å². The van der Waals surface area contributed by atoms with Crippen LogP contribution in [0.1, 0.15) is 5.56 Å². The minimum absolute atomic E-state index is 0.753. The number of fused-ring (bicyclic) bond motifs is 12. The Morgan fingerprint density at radius 3 is 0.842 bits per heavy atom. The van der Waals surface area contributed by atoms with E-state index >= 15 is 0 Å².